The molecule has 1 saturated heterocycles. The number of thioether (sulfide) groups is 1. The number of benzene rings is 1. The Morgan fingerprint density at radius 3 is 2.78 bits per heavy atom. The van der Waals surface area contributed by atoms with Crippen LogP contribution >= 0.6 is 11.8 Å². The van der Waals surface area contributed by atoms with Crippen molar-refractivity contribution < 1.29 is 9.53 Å². The first-order valence-corrected chi connectivity index (χ1v) is 10.6. The van der Waals surface area contributed by atoms with Gasteiger partial charge in [0.05, 0.1) is 18.0 Å². The Morgan fingerprint density at radius 1 is 1.26 bits per heavy atom. The van der Waals surface area contributed by atoms with Crippen molar-refractivity contribution in [2.75, 3.05) is 35.7 Å². The molecule has 4 rings (SSSR count). The van der Waals surface area contributed by atoms with Crippen molar-refractivity contribution in [2.24, 2.45) is 0 Å². The minimum Gasteiger partial charge on any atom is -0.492 e. The molecule has 1 saturated carbocycles. The summed E-state index contributed by atoms with van der Waals surface area (Å²) in [5.74, 6) is 1.89. The number of amides is 1. The summed E-state index contributed by atoms with van der Waals surface area (Å²) in [6.07, 6.45) is 4.75. The van der Waals surface area contributed by atoms with Gasteiger partial charge in [-0.05, 0) is 44.7 Å². The predicted molar refractivity (Wildman–Crippen MR) is 107 cm³/mol. The van der Waals surface area contributed by atoms with E-state index in [9.17, 15) is 4.79 Å². The second-order valence-electron chi connectivity index (χ2n) is 6.84. The first kappa shape index (κ1) is 18.2. The molecule has 144 valence electrons. The van der Waals surface area contributed by atoms with Crippen LogP contribution in [-0.4, -0.2) is 46.1 Å². The summed E-state index contributed by atoms with van der Waals surface area (Å²) in [7, 11) is 0. The van der Waals surface area contributed by atoms with E-state index in [-0.39, 0.29) is 5.91 Å². The lowest BCUT2D eigenvalue weighted by Gasteiger charge is -2.18. The number of anilines is 2. The van der Waals surface area contributed by atoms with E-state index in [1.165, 1.54) is 37.4 Å². The highest BCUT2D eigenvalue weighted by Gasteiger charge is 2.32. The fraction of sp³-hybridized carbons (Fsp3) is 0.526. The number of hydrogen-bond acceptors (Lipinski definition) is 6. The molecule has 1 aromatic heterocycles. The highest BCUT2D eigenvalue weighted by atomic mass is 32.2. The molecule has 1 N–H and O–H groups in total. The second-order valence-corrected chi connectivity index (χ2v) is 7.79. The normalized spacial score (nSPS) is 16.6. The quantitative estimate of drug-likeness (QED) is 0.701. The van der Waals surface area contributed by atoms with Crippen LogP contribution in [0.15, 0.2) is 29.4 Å². The van der Waals surface area contributed by atoms with Gasteiger partial charge in [0.1, 0.15) is 5.75 Å². The van der Waals surface area contributed by atoms with E-state index in [2.05, 4.69) is 25.0 Å². The number of rotatable bonds is 8. The van der Waals surface area contributed by atoms with Crippen LogP contribution in [0.2, 0.25) is 0 Å². The maximum Gasteiger partial charge on any atom is 0.234 e. The maximum absolute atomic E-state index is 12.4. The van der Waals surface area contributed by atoms with Crippen LogP contribution in [0.3, 0.4) is 0 Å². The molecule has 8 heteroatoms. The van der Waals surface area contributed by atoms with Gasteiger partial charge in [-0.3, -0.25) is 9.36 Å². The van der Waals surface area contributed by atoms with Crippen molar-refractivity contribution in [3.05, 3.63) is 24.3 Å². The van der Waals surface area contributed by atoms with E-state index in [1.807, 2.05) is 31.2 Å². The van der Waals surface area contributed by atoms with Crippen LogP contribution in [0.4, 0.5) is 11.6 Å². The van der Waals surface area contributed by atoms with E-state index in [4.69, 9.17) is 4.74 Å². The average molecular weight is 388 g/mol. The fourth-order valence-corrected chi connectivity index (χ4v) is 4.12. The molecule has 0 bridgehead atoms. The van der Waals surface area contributed by atoms with Gasteiger partial charge in [0.15, 0.2) is 5.16 Å². The lowest BCUT2D eigenvalue weighted by atomic mass is 10.3. The fourth-order valence-electron chi connectivity index (χ4n) is 3.32. The second kappa shape index (κ2) is 8.21. The molecule has 0 spiro atoms. The smallest absolute Gasteiger partial charge is 0.234 e. The summed E-state index contributed by atoms with van der Waals surface area (Å²) in [4.78, 5) is 14.8. The summed E-state index contributed by atoms with van der Waals surface area (Å²) >= 11 is 1.45. The van der Waals surface area contributed by atoms with Gasteiger partial charge >= 0.3 is 0 Å². The Bertz CT molecular complexity index is 799. The number of ether oxygens (including phenoxy) is 1. The Balaban J connectivity index is 1.41. The zero-order chi connectivity index (χ0) is 18.6. The van der Waals surface area contributed by atoms with Crippen molar-refractivity contribution in [3.8, 4) is 5.75 Å². The zero-order valence-electron chi connectivity index (χ0n) is 15.6. The Labute approximate surface area is 163 Å². The Morgan fingerprint density at radius 2 is 2.04 bits per heavy atom. The number of carbonyl (C=O) groups excluding carboxylic acids is 1. The number of nitrogens with one attached hydrogen (secondary N) is 1. The van der Waals surface area contributed by atoms with Gasteiger partial charge in [-0.15, -0.1) is 10.2 Å². The van der Waals surface area contributed by atoms with Crippen molar-refractivity contribution in [2.45, 2.75) is 43.8 Å². The standard InChI is InChI=1S/C19H25N5O2S/c1-2-26-16-8-4-3-7-15(16)20-17(25)13-27-19-22-21-18(23-11-5-6-12-23)24(19)14-9-10-14/h3-4,7-8,14H,2,5-6,9-13H2,1H3,(H,20,25). The molecule has 1 aromatic carbocycles. The number of para-hydroxylation sites is 2. The SMILES string of the molecule is CCOc1ccccc1NC(=O)CSc1nnc(N2CCCC2)n1C1CC1. The molecule has 0 unspecified atom stereocenters. The number of aromatic nitrogens is 3. The molecule has 2 heterocycles. The molecule has 1 amide bonds. The van der Waals surface area contributed by atoms with Gasteiger partial charge in [-0.25, -0.2) is 0 Å². The summed E-state index contributed by atoms with van der Waals surface area (Å²) in [6.45, 7) is 4.58. The lowest BCUT2D eigenvalue weighted by molar-refractivity contribution is -0.113. The number of nitrogens with zero attached hydrogens (tertiary/aromatic N) is 4. The minimum atomic E-state index is -0.0692. The third-order valence-corrected chi connectivity index (χ3v) is 5.68. The minimum absolute atomic E-state index is 0.0692. The molecule has 1 aliphatic carbocycles. The van der Waals surface area contributed by atoms with Gasteiger partial charge in [0.2, 0.25) is 11.9 Å². The summed E-state index contributed by atoms with van der Waals surface area (Å²) in [6, 6.07) is 7.98. The Hall–Kier alpha value is -2.22. The molecule has 2 fully saturated rings. The highest BCUT2D eigenvalue weighted by molar-refractivity contribution is 7.99. The summed E-state index contributed by atoms with van der Waals surface area (Å²) in [5, 5.41) is 12.6. The molecule has 0 atom stereocenters. The third-order valence-electron chi connectivity index (χ3n) is 4.74. The van der Waals surface area contributed by atoms with E-state index in [1.54, 1.807) is 0 Å². The number of carbonyl (C=O) groups is 1. The molecule has 27 heavy (non-hydrogen) atoms. The molecule has 7 nitrogen and oxygen atoms in total. The van der Waals surface area contributed by atoms with Gasteiger partial charge in [0.25, 0.3) is 0 Å². The zero-order valence-corrected chi connectivity index (χ0v) is 16.4. The maximum atomic E-state index is 12.4. The van der Waals surface area contributed by atoms with E-state index >= 15 is 0 Å². The number of hydrogen-bond donors (Lipinski definition) is 1. The van der Waals surface area contributed by atoms with Crippen molar-refractivity contribution in [1.29, 1.82) is 0 Å². The van der Waals surface area contributed by atoms with Crippen LogP contribution in [0.1, 0.15) is 38.6 Å². The molecule has 0 radical (unpaired) electrons. The van der Waals surface area contributed by atoms with Crippen molar-refractivity contribution in [1.82, 2.24) is 14.8 Å². The molecule has 2 aromatic rings. The predicted octanol–water partition coefficient (Wildman–Crippen LogP) is 3.34. The average Bonchev–Trinajstić information content (AvgIpc) is 3.19. The van der Waals surface area contributed by atoms with Crippen LogP contribution in [-0.2, 0) is 4.79 Å². The molecular formula is C19H25N5O2S. The summed E-state index contributed by atoms with van der Waals surface area (Å²) < 4.78 is 7.80. The van der Waals surface area contributed by atoms with Crippen molar-refractivity contribution in [3.63, 3.8) is 0 Å². The Kier molecular flexibility index (Phi) is 5.52. The first-order valence-electron chi connectivity index (χ1n) is 9.60. The van der Waals surface area contributed by atoms with Gasteiger partial charge in [-0.2, -0.15) is 0 Å². The lowest BCUT2D eigenvalue weighted by Crippen LogP contribution is -2.22. The highest BCUT2D eigenvalue weighted by Crippen LogP contribution is 2.41. The van der Waals surface area contributed by atoms with E-state index < -0.39 is 0 Å². The molecule has 2 aliphatic rings. The van der Waals surface area contributed by atoms with Crippen LogP contribution in [0.25, 0.3) is 0 Å². The molecular weight excluding hydrogens is 362 g/mol. The monoisotopic (exact) mass is 387 g/mol. The largest absolute Gasteiger partial charge is 0.492 e. The summed E-state index contributed by atoms with van der Waals surface area (Å²) in [5.41, 5.74) is 0.700. The van der Waals surface area contributed by atoms with E-state index in [0.717, 1.165) is 24.2 Å². The van der Waals surface area contributed by atoms with Gasteiger partial charge in [-0.1, -0.05) is 23.9 Å². The topological polar surface area (TPSA) is 72.3 Å². The first-order chi connectivity index (χ1) is 13.3. The van der Waals surface area contributed by atoms with Gasteiger partial charge in [0, 0.05) is 19.1 Å². The van der Waals surface area contributed by atoms with Crippen LogP contribution in [0.5, 0.6) is 5.75 Å². The van der Waals surface area contributed by atoms with Crippen molar-refractivity contribution >= 4 is 29.3 Å². The van der Waals surface area contributed by atoms with E-state index in [0.29, 0.717) is 29.8 Å². The third kappa shape index (κ3) is 4.21. The molecule has 1 aliphatic heterocycles. The van der Waals surface area contributed by atoms with Gasteiger partial charge < -0.3 is 15.0 Å². The van der Waals surface area contributed by atoms with Crippen LogP contribution in [0, 0.1) is 0 Å². The van der Waals surface area contributed by atoms with Crippen LogP contribution < -0.4 is 15.0 Å².